The van der Waals surface area contributed by atoms with Crippen LogP contribution < -0.4 is 9.47 Å². The van der Waals surface area contributed by atoms with Crippen LogP contribution in [0.5, 0.6) is 11.5 Å². The Hall–Kier alpha value is -1.49. The monoisotopic (exact) mass is 338 g/mol. The molecule has 2 rings (SSSR count). The van der Waals surface area contributed by atoms with E-state index in [1.807, 2.05) is 42.9 Å². The molecule has 0 atom stereocenters. The average molecular weight is 339 g/mol. The summed E-state index contributed by atoms with van der Waals surface area (Å²) in [6, 6.07) is 7.67. The highest BCUT2D eigenvalue weighted by Gasteiger charge is 2.13. The maximum atomic E-state index is 5.83. The second-order valence-electron chi connectivity index (χ2n) is 4.38. The lowest BCUT2D eigenvalue weighted by atomic mass is 10.3. The summed E-state index contributed by atoms with van der Waals surface area (Å²) in [6.45, 7) is 5.17. The summed E-state index contributed by atoms with van der Waals surface area (Å²) in [5.41, 5.74) is 2.08. The van der Waals surface area contributed by atoms with Crippen LogP contribution in [-0.4, -0.2) is 16.4 Å². The van der Waals surface area contributed by atoms with Gasteiger partial charge in [-0.2, -0.15) is 5.10 Å². The number of hydrogen-bond donors (Lipinski definition) is 0. The van der Waals surface area contributed by atoms with E-state index in [1.54, 1.807) is 0 Å². The van der Waals surface area contributed by atoms with Gasteiger partial charge in [-0.05, 0) is 41.4 Å². The van der Waals surface area contributed by atoms with Gasteiger partial charge in [0.1, 0.15) is 18.1 Å². The molecule has 20 heavy (non-hydrogen) atoms. The van der Waals surface area contributed by atoms with Crippen molar-refractivity contribution in [2.45, 2.75) is 26.9 Å². The Bertz CT molecular complexity index is 581. The first-order valence-electron chi connectivity index (χ1n) is 6.71. The van der Waals surface area contributed by atoms with Crippen molar-refractivity contribution in [2.75, 3.05) is 6.61 Å². The van der Waals surface area contributed by atoms with Gasteiger partial charge in [0.15, 0.2) is 0 Å². The fourth-order valence-corrected chi connectivity index (χ4v) is 2.68. The Labute approximate surface area is 127 Å². The molecule has 0 aliphatic heterocycles. The number of aromatic nitrogens is 2. The molecule has 0 aliphatic rings. The number of nitrogens with zero attached hydrogens (tertiary/aromatic N) is 2. The Morgan fingerprint density at radius 2 is 1.90 bits per heavy atom. The van der Waals surface area contributed by atoms with E-state index in [0.29, 0.717) is 13.2 Å². The second-order valence-corrected chi connectivity index (χ2v) is 5.17. The molecule has 0 amide bonds. The predicted molar refractivity (Wildman–Crippen MR) is 82.2 cm³/mol. The molecule has 108 valence electrons. The lowest BCUT2D eigenvalue weighted by Crippen LogP contribution is -2.03. The summed E-state index contributed by atoms with van der Waals surface area (Å²) in [6.07, 6.45) is 0.897. The molecule has 0 unspecified atom stereocenters. The molecule has 0 bridgehead atoms. The van der Waals surface area contributed by atoms with Crippen molar-refractivity contribution in [1.29, 1.82) is 0 Å². The molecule has 1 aromatic heterocycles. The zero-order chi connectivity index (χ0) is 14.5. The van der Waals surface area contributed by atoms with Gasteiger partial charge in [-0.25, -0.2) is 0 Å². The van der Waals surface area contributed by atoms with E-state index in [0.717, 1.165) is 33.8 Å². The molecule has 0 saturated carbocycles. The molecule has 0 N–H and O–H groups in total. The van der Waals surface area contributed by atoms with E-state index in [9.17, 15) is 0 Å². The first-order valence-corrected chi connectivity index (χ1v) is 7.50. The number of hydrogen-bond acceptors (Lipinski definition) is 3. The molecule has 1 aromatic carbocycles. The van der Waals surface area contributed by atoms with Gasteiger partial charge in [0.05, 0.1) is 22.5 Å². The van der Waals surface area contributed by atoms with E-state index in [1.165, 1.54) is 0 Å². The van der Waals surface area contributed by atoms with E-state index >= 15 is 0 Å². The van der Waals surface area contributed by atoms with Crippen LogP contribution in [0.1, 0.15) is 25.2 Å². The molecule has 1 heterocycles. The van der Waals surface area contributed by atoms with Crippen molar-refractivity contribution in [3.63, 3.8) is 0 Å². The first-order chi connectivity index (χ1) is 9.65. The van der Waals surface area contributed by atoms with Crippen molar-refractivity contribution >= 4 is 15.9 Å². The molecular weight excluding hydrogens is 320 g/mol. The van der Waals surface area contributed by atoms with E-state index < -0.39 is 0 Å². The van der Waals surface area contributed by atoms with Gasteiger partial charge in [-0.1, -0.05) is 13.0 Å². The third-order valence-electron chi connectivity index (χ3n) is 3.00. The Balaban J connectivity index is 2.09. The number of ether oxygens (including phenoxy) is 2. The van der Waals surface area contributed by atoms with Gasteiger partial charge in [0.2, 0.25) is 0 Å². The standard InChI is InChI=1S/C15H19BrN2O2/c1-4-13-15(16)14(18(3)17-13)10-20-12-8-6-7-11(9-12)19-5-2/h6-9H,4-5,10H2,1-3H3. The largest absolute Gasteiger partial charge is 0.494 e. The fraction of sp³-hybridized carbons (Fsp3) is 0.400. The van der Waals surface area contributed by atoms with Crippen LogP contribution in [0.3, 0.4) is 0 Å². The van der Waals surface area contributed by atoms with Crippen LogP contribution in [0.2, 0.25) is 0 Å². The SMILES string of the molecule is CCOc1cccc(OCc2c(Br)c(CC)nn2C)c1. The van der Waals surface area contributed by atoms with Crippen LogP contribution >= 0.6 is 15.9 Å². The topological polar surface area (TPSA) is 36.3 Å². The summed E-state index contributed by atoms with van der Waals surface area (Å²) in [5.74, 6) is 1.62. The summed E-state index contributed by atoms with van der Waals surface area (Å²) in [7, 11) is 1.93. The molecule has 4 nitrogen and oxygen atoms in total. The molecule has 0 fully saturated rings. The van der Waals surface area contributed by atoms with Gasteiger partial charge < -0.3 is 9.47 Å². The zero-order valence-electron chi connectivity index (χ0n) is 12.0. The van der Waals surface area contributed by atoms with Crippen LogP contribution in [0.15, 0.2) is 28.7 Å². The van der Waals surface area contributed by atoms with Gasteiger partial charge in [-0.3, -0.25) is 4.68 Å². The minimum atomic E-state index is 0.472. The quantitative estimate of drug-likeness (QED) is 0.805. The van der Waals surface area contributed by atoms with Crippen LogP contribution in [-0.2, 0) is 20.1 Å². The summed E-state index contributed by atoms with van der Waals surface area (Å²) >= 11 is 3.59. The number of halogens is 1. The van der Waals surface area contributed by atoms with Gasteiger partial charge in [0.25, 0.3) is 0 Å². The molecule has 5 heteroatoms. The minimum Gasteiger partial charge on any atom is -0.494 e. The van der Waals surface area contributed by atoms with E-state index in [4.69, 9.17) is 9.47 Å². The number of rotatable bonds is 6. The fourth-order valence-electron chi connectivity index (χ4n) is 1.95. The maximum absolute atomic E-state index is 5.83. The predicted octanol–water partition coefficient (Wildman–Crippen LogP) is 3.72. The van der Waals surface area contributed by atoms with E-state index in [-0.39, 0.29) is 0 Å². The molecule has 0 saturated heterocycles. The summed E-state index contributed by atoms with van der Waals surface area (Å²) < 4.78 is 14.2. The van der Waals surface area contributed by atoms with Crippen LogP contribution in [0.25, 0.3) is 0 Å². The zero-order valence-corrected chi connectivity index (χ0v) is 13.6. The summed E-state index contributed by atoms with van der Waals surface area (Å²) in [4.78, 5) is 0. The molecule has 0 radical (unpaired) electrons. The molecule has 0 aliphatic carbocycles. The van der Waals surface area contributed by atoms with Crippen LogP contribution in [0.4, 0.5) is 0 Å². The first kappa shape index (κ1) is 14.9. The van der Waals surface area contributed by atoms with Crippen molar-refractivity contribution in [1.82, 2.24) is 9.78 Å². The Morgan fingerprint density at radius 3 is 2.50 bits per heavy atom. The average Bonchev–Trinajstić information content (AvgIpc) is 2.72. The second kappa shape index (κ2) is 6.79. The Kier molecular flexibility index (Phi) is 5.06. The molecular formula is C15H19BrN2O2. The van der Waals surface area contributed by atoms with E-state index in [2.05, 4.69) is 28.0 Å². The third-order valence-corrected chi connectivity index (χ3v) is 3.91. The van der Waals surface area contributed by atoms with Crippen molar-refractivity contribution in [2.24, 2.45) is 7.05 Å². The number of aryl methyl sites for hydroxylation is 2. The normalized spacial score (nSPS) is 10.6. The lowest BCUT2D eigenvalue weighted by molar-refractivity contribution is 0.289. The van der Waals surface area contributed by atoms with Crippen LogP contribution in [0, 0.1) is 0 Å². The molecule has 2 aromatic rings. The van der Waals surface area contributed by atoms with Crippen molar-refractivity contribution < 1.29 is 9.47 Å². The Morgan fingerprint density at radius 1 is 1.20 bits per heavy atom. The van der Waals surface area contributed by atoms with Gasteiger partial charge >= 0.3 is 0 Å². The smallest absolute Gasteiger partial charge is 0.131 e. The van der Waals surface area contributed by atoms with Gasteiger partial charge in [0, 0.05) is 13.1 Å². The van der Waals surface area contributed by atoms with Crippen molar-refractivity contribution in [3.05, 3.63) is 40.1 Å². The van der Waals surface area contributed by atoms with Crippen molar-refractivity contribution in [3.8, 4) is 11.5 Å². The highest BCUT2D eigenvalue weighted by Crippen LogP contribution is 2.24. The number of benzene rings is 1. The van der Waals surface area contributed by atoms with Gasteiger partial charge in [-0.15, -0.1) is 0 Å². The molecule has 0 spiro atoms. The highest BCUT2D eigenvalue weighted by molar-refractivity contribution is 9.10. The minimum absolute atomic E-state index is 0.472. The third kappa shape index (κ3) is 3.33. The maximum Gasteiger partial charge on any atom is 0.131 e. The highest BCUT2D eigenvalue weighted by atomic mass is 79.9. The lowest BCUT2D eigenvalue weighted by Gasteiger charge is -2.09. The summed E-state index contributed by atoms with van der Waals surface area (Å²) in [5, 5.41) is 4.45.